The van der Waals surface area contributed by atoms with Crippen molar-refractivity contribution in [3.05, 3.63) is 77.6 Å². The zero-order valence-corrected chi connectivity index (χ0v) is 15.2. The molecule has 0 spiro atoms. The van der Waals surface area contributed by atoms with Crippen LogP contribution >= 0.6 is 11.6 Å². The molecule has 0 radical (unpaired) electrons. The van der Waals surface area contributed by atoms with Crippen molar-refractivity contribution in [2.24, 2.45) is 0 Å². The third-order valence-electron chi connectivity index (χ3n) is 4.07. The van der Waals surface area contributed by atoms with Crippen LogP contribution in [0.2, 0.25) is 5.02 Å². The molecule has 0 atom stereocenters. The van der Waals surface area contributed by atoms with Gasteiger partial charge < -0.3 is 10.6 Å². The van der Waals surface area contributed by atoms with Crippen molar-refractivity contribution in [1.82, 2.24) is 14.8 Å². The summed E-state index contributed by atoms with van der Waals surface area (Å²) < 4.78 is 1.79. The van der Waals surface area contributed by atoms with Crippen molar-refractivity contribution in [1.29, 1.82) is 0 Å². The van der Waals surface area contributed by atoms with Gasteiger partial charge >= 0.3 is 6.03 Å². The second-order valence-corrected chi connectivity index (χ2v) is 6.45. The topological polar surface area (TPSA) is 71.8 Å². The molecule has 0 fully saturated rings. The van der Waals surface area contributed by atoms with E-state index in [1.54, 1.807) is 35.1 Å². The second-order valence-electron chi connectivity index (χ2n) is 6.01. The van der Waals surface area contributed by atoms with E-state index < -0.39 is 0 Å². The predicted octanol–water partition coefficient (Wildman–Crippen LogP) is 5.03. The Morgan fingerprint density at radius 3 is 2.44 bits per heavy atom. The normalized spacial score (nSPS) is 10.7. The Morgan fingerprint density at radius 1 is 1.00 bits per heavy atom. The summed E-state index contributed by atoms with van der Waals surface area (Å²) in [4.78, 5) is 16.7. The third kappa shape index (κ3) is 3.61. The van der Waals surface area contributed by atoms with E-state index in [9.17, 15) is 4.79 Å². The lowest BCUT2D eigenvalue weighted by molar-refractivity contribution is 0.262. The van der Waals surface area contributed by atoms with Crippen molar-refractivity contribution >= 4 is 40.0 Å². The standard InChI is InChI=1S/C20H16ClN5O/c1-13-18-11-16(24-20(27)23-15-9-7-14(21)8-10-15)12-22-19(18)26(25-13)17-5-3-2-4-6-17/h2-12H,1H3,(H2,23,24,27). The molecule has 134 valence electrons. The summed E-state index contributed by atoms with van der Waals surface area (Å²) in [6.45, 7) is 1.92. The van der Waals surface area contributed by atoms with E-state index in [2.05, 4.69) is 20.7 Å². The largest absolute Gasteiger partial charge is 0.323 e. The maximum Gasteiger partial charge on any atom is 0.323 e. The minimum absolute atomic E-state index is 0.355. The van der Waals surface area contributed by atoms with Crippen LogP contribution in [0.5, 0.6) is 0 Å². The maximum absolute atomic E-state index is 12.2. The molecular formula is C20H16ClN5O. The van der Waals surface area contributed by atoms with Gasteiger partial charge in [-0.1, -0.05) is 29.8 Å². The molecule has 2 N–H and O–H groups in total. The van der Waals surface area contributed by atoms with Gasteiger partial charge in [-0.15, -0.1) is 0 Å². The van der Waals surface area contributed by atoms with Gasteiger partial charge in [0.05, 0.1) is 23.3 Å². The molecule has 2 aromatic heterocycles. The summed E-state index contributed by atoms with van der Waals surface area (Å²) in [6.07, 6.45) is 1.62. The van der Waals surface area contributed by atoms with Gasteiger partial charge in [0.25, 0.3) is 0 Å². The van der Waals surface area contributed by atoms with E-state index >= 15 is 0 Å². The molecule has 4 aromatic rings. The summed E-state index contributed by atoms with van der Waals surface area (Å²) in [5, 5.41) is 11.6. The number of para-hydroxylation sites is 1. The number of aryl methyl sites for hydroxylation is 1. The van der Waals surface area contributed by atoms with Crippen LogP contribution in [0.3, 0.4) is 0 Å². The molecule has 0 aliphatic heterocycles. The number of urea groups is 1. The van der Waals surface area contributed by atoms with Crippen molar-refractivity contribution in [3.8, 4) is 5.69 Å². The number of benzene rings is 2. The number of rotatable bonds is 3. The Labute approximate surface area is 160 Å². The van der Waals surface area contributed by atoms with Crippen LogP contribution in [0.15, 0.2) is 66.9 Å². The van der Waals surface area contributed by atoms with Crippen molar-refractivity contribution in [3.63, 3.8) is 0 Å². The number of pyridine rings is 1. The summed E-state index contributed by atoms with van der Waals surface area (Å²) >= 11 is 5.85. The number of halogens is 1. The molecule has 0 unspecified atom stereocenters. The van der Waals surface area contributed by atoms with Gasteiger partial charge in [-0.3, -0.25) is 0 Å². The van der Waals surface area contributed by atoms with Crippen LogP contribution in [0.25, 0.3) is 16.7 Å². The SMILES string of the molecule is Cc1nn(-c2ccccc2)c2ncc(NC(=O)Nc3ccc(Cl)cc3)cc12. The van der Waals surface area contributed by atoms with E-state index in [4.69, 9.17) is 11.6 Å². The Bertz CT molecular complexity index is 1110. The molecule has 6 nitrogen and oxygen atoms in total. The first-order valence-electron chi connectivity index (χ1n) is 8.34. The summed E-state index contributed by atoms with van der Waals surface area (Å²) in [5.74, 6) is 0. The highest BCUT2D eigenvalue weighted by Gasteiger charge is 2.12. The smallest absolute Gasteiger partial charge is 0.308 e. The van der Waals surface area contributed by atoms with Gasteiger partial charge in [0.2, 0.25) is 0 Å². The fourth-order valence-corrected chi connectivity index (χ4v) is 2.91. The Morgan fingerprint density at radius 2 is 1.70 bits per heavy atom. The van der Waals surface area contributed by atoms with Crippen LogP contribution < -0.4 is 10.6 Å². The molecule has 4 rings (SSSR count). The average molecular weight is 378 g/mol. The molecule has 0 aliphatic carbocycles. The van der Waals surface area contributed by atoms with Crippen LogP contribution in [0.1, 0.15) is 5.69 Å². The van der Waals surface area contributed by atoms with Gasteiger partial charge in [-0.25, -0.2) is 14.5 Å². The van der Waals surface area contributed by atoms with Gasteiger partial charge in [0.15, 0.2) is 5.65 Å². The first-order chi connectivity index (χ1) is 13.1. The summed E-state index contributed by atoms with van der Waals surface area (Å²) in [7, 11) is 0. The first-order valence-corrected chi connectivity index (χ1v) is 8.72. The molecule has 2 aromatic carbocycles. The minimum Gasteiger partial charge on any atom is -0.308 e. The number of amides is 2. The number of hydrogen-bond acceptors (Lipinski definition) is 3. The highest BCUT2D eigenvalue weighted by molar-refractivity contribution is 6.30. The van der Waals surface area contributed by atoms with E-state index in [1.807, 2.05) is 43.3 Å². The van der Waals surface area contributed by atoms with Gasteiger partial charge in [0, 0.05) is 16.1 Å². The Balaban J connectivity index is 1.57. The van der Waals surface area contributed by atoms with E-state index in [-0.39, 0.29) is 6.03 Å². The quantitative estimate of drug-likeness (QED) is 0.526. The van der Waals surface area contributed by atoms with Gasteiger partial charge in [0.1, 0.15) is 0 Å². The molecular weight excluding hydrogens is 362 g/mol. The van der Waals surface area contributed by atoms with Crippen LogP contribution in [0, 0.1) is 6.92 Å². The van der Waals surface area contributed by atoms with E-state index in [0.29, 0.717) is 16.4 Å². The molecule has 7 heteroatoms. The highest BCUT2D eigenvalue weighted by atomic mass is 35.5. The molecule has 0 bridgehead atoms. The van der Waals surface area contributed by atoms with Crippen molar-refractivity contribution in [2.45, 2.75) is 6.92 Å². The number of nitrogens with one attached hydrogen (secondary N) is 2. The second kappa shape index (κ2) is 7.09. The lowest BCUT2D eigenvalue weighted by Gasteiger charge is -2.08. The van der Waals surface area contributed by atoms with E-state index in [0.717, 1.165) is 22.4 Å². The fraction of sp³-hybridized carbons (Fsp3) is 0.0500. The Kier molecular flexibility index (Phi) is 4.48. The average Bonchev–Trinajstić information content (AvgIpc) is 3.01. The van der Waals surface area contributed by atoms with Crippen LogP contribution in [-0.2, 0) is 0 Å². The molecule has 0 saturated carbocycles. The Hall–Kier alpha value is -3.38. The number of nitrogens with zero attached hydrogens (tertiary/aromatic N) is 3. The number of anilines is 2. The number of aromatic nitrogens is 3. The van der Waals surface area contributed by atoms with Gasteiger partial charge in [-0.2, -0.15) is 5.10 Å². The highest BCUT2D eigenvalue weighted by Crippen LogP contribution is 2.23. The molecule has 2 heterocycles. The molecule has 27 heavy (non-hydrogen) atoms. The summed E-state index contributed by atoms with van der Waals surface area (Å²) in [6, 6.07) is 18.2. The monoisotopic (exact) mass is 377 g/mol. The van der Waals surface area contributed by atoms with Crippen LogP contribution in [0.4, 0.5) is 16.2 Å². The zero-order valence-electron chi connectivity index (χ0n) is 14.5. The molecule has 0 saturated heterocycles. The minimum atomic E-state index is -0.355. The van der Waals surface area contributed by atoms with Crippen LogP contribution in [-0.4, -0.2) is 20.8 Å². The molecule has 2 amide bonds. The number of carbonyl (C=O) groups is 1. The number of fused-ring (bicyclic) bond motifs is 1. The third-order valence-corrected chi connectivity index (χ3v) is 4.32. The zero-order chi connectivity index (χ0) is 18.8. The summed E-state index contributed by atoms with van der Waals surface area (Å²) in [5.41, 5.74) is 3.75. The van der Waals surface area contributed by atoms with Crippen molar-refractivity contribution < 1.29 is 4.79 Å². The first kappa shape index (κ1) is 17.1. The number of hydrogen-bond donors (Lipinski definition) is 2. The number of carbonyl (C=O) groups excluding carboxylic acids is 1. The van der Waals surface area contributed by atoms with Crippen molar-refractivity contribution in [2.75, 3.05) is 10.6 Å². The van der Waals surface area contributed by atoms with E-state index in [1.165, 1.54) is 0 Å². The predicted molar refractivity (Wildman–Crippen MR) is 108 cm³/mol. The molecule has 0 aliphatic rings. The maximum atomic E-state index is 12.2. The van der Waals surface area contributed by atoms with Gasteiger partial charge in [-0.05, 0) is 49.4 Å². The lowest BCUT2D eigenvalue weighted by Crippen LogP contribution is -2.19. The lowest BCUT2D eigenvalue weighted by atomic mass is 10.2. The fourth-order valence-electron chi connectivity index (χ4n) is 2.79.